The molecule has 0 aliphatic carbocycles. The Labute approximate surface area is 126 Å². The van der Waals surface area contributed by atoms with E-state index in [1.807, 2.05) is 0 Å². The van der Waals surface area contributed by atoms with Crippen LogP contribution in [0.4, 0.5) is 0 Å². The van der Waals surface area contributed by atoms with Crippen LogP contribution >= 0.6 is 0 Å². The highest BCUT2D eigenvalue weighted by atomic mass is 32.2. The molecule has 1 fully saturated rings. The summed E-state index contributed by atoms with van der Waals surface area (Å²) < 4.78 is 28.7. The fourth-order valence-electron chi connectivity index (χ4n) is 2.55. The molecule has 0 radical (unpaired) electrons. The van der Waals surface area contributed by atoms with Crippen LogP contribution in [0, 0.1) is 5.92 Å². The molecule has 0 saturated carbocycles. The first-order valence-corrected chi connectivity index (χ1v) is 8.87. The summed E-state index contributed by atoms with van der Waals surface area (Å²) in [5.74, 6) is 0.376. The molecule has 1 aromatic heterocycles. The lowest BCUT2D eigenvalue weighted by molar-refractivity contribution is 0.265. The number of rotatable bonds is 7. The maximum absolute atomic E-state index is 12.2. The molecule has 7 nitrogen and oxygen atoms in total. The van der Waals surface area contributed by atoms with Gasteiger partial charge in [-0.15, -0.1) is 0 Å². The van der Waals surface area contributed by atoms with Crippen molar-refractivity contribution >= 4 is 10.0 Å². The van der Waals surface area contributed by atoms with E-state index in [1.54, 1.807) is 4.68 Å². The Bertz CT molecular complexity index is 555. The highest BCUT2D eigenvalue weighted by Gasteiger charge is 2.26. The Hall–Kier alpha value is -0.960. The van der Waals surface area contributed by atoms with Crippen molar-refractivity contribution in [1.82, 2.24) is 19.4 Å². The summed E-state index contributed by atoms with van der Waals surface area (Å²) in [6.07, 6.45) is 3.92. The quantitative estimate of drug-likeness (QED) is 0.730. The SMILES string of the molecule is CC(C)N1CCC(CNS(=O)(=O)c2cnn(CCN)c2)C1. The molecule has 3 N–H and O–H groups in total. The molecule has 2 rings (SSSR count). The monoisotopic (exact) mass is 315 g/mol. The van der Waals surface area contributed by atoms with Gasteiger partial charge in [-0.1, -0.05) is 0 Å². The van der Waals surface area contributed by atoms with Crippen LogP contribution in [0.2, 0.25) is 0 Å². The highest BCUT2D eigenvalue weighted by Crippen LogP contribution is 2.18. The van der Waals surface area contributed by atoms with E-state index in [2.05, 4.69) is 28.6 Å². The molecule has 8 heteroatoms. The molecular formula is C13H25N5O2S. The third-order valence-electron chi connectivity index (χ3n) is 3.89. The van der Waals surface area contributed by atoms with Gasteiger partial charge in [-0.2, -0.15) is 5.10 Å². The largest absolute Gasteiger partial charge is 0.329 e. The van der Waals surface area contributed by atoms with Crippen molar-refractivity contribution in [2.75, 3.05) is 26.2 Å². The van der Waals surface area contributed by atoms with Gasteiger partial charge in [-0.25, -0.2) is 13.1 Å². The van der Waals surface area contributed by atoms with Crippen molar-refractivity contribution in [3.05, 3.63) is 12.4 Å². The lowest BCUT2D eigenvalue weighted by Gasteiger charge is -2.20. The third-order valence-corrected chi connectivity index (χ3v) is 5.27. The number of nitrogens with zero attached hydrogens (tertiary/aromatic N) is 3. The smallest absolute Gasteiger partial charge is 0.243 e. The van der Waals surface area contributed by atoms with Crippen molar-refractivity contribution in [1.29, 1.82) is 0 Å². The minimum Gasteiger partial charge on any atom is -0.329 e. The average Bonchev–Trinajstić information content (AvgIpc) is 3.06. The molecule has 0 bridgehead atoms. The van der Waals surface area contributed by atoms with E-state index in [-0.39, 0.29) is 4.90 Å². The van der Waals surface area contributed by atoms with Crippen LogP contribution in [0.5, 0.6) is 0 Å². The molecule has 1 aliphatic heterocycles. The van der Waals surface area contributed by atoms with E-state index < -0.39 is 10.0 Å². The fraction of sp³-hybridized carbons (Fsp3) is 0.769. The van der Waals surface area contributed by atoms with Crippen LogP contribution < -0.4 is 10.5 Å². The average molecular weight is 315 g/mol. The van der Waals surface area contributed by atoms with Crippen molar-refractivity contribution in [2.45, 2.75) is 37.8 Å². The topological polar surface area (TPSA) is 93.2 Å². The van der Waals surface area contributed by atoms with Crippen molar-refractivity contribution in [2.24, 2.45) is 11.7 Å². The maximum atomic E-state index is 12.2. The molecule has 1 atom stereocenters. The predicted molar refractivity (Wildman–Crippen MR) is 81.3 cm³/mol. The number of aromatic nitrogens is 2. The summed E-state index contributed by atoms with van der Waals surface area (Å²) in [7, 11) is -3.48. The van der Waals surface area contributed by atoms with Gasteiger partial charge in [0.1, 0.15) is 4.90 Å². The molecular weight excluding hydrogens is 290 g/mol. The number of nitrogens with one attached hydrogen (secondary N) is 1. The third kappa shape index (κ3) is 4.26. The molecule has 0 spiro atoms. The summed E-state index contributed by atoms with van der Waals surface area (Å²) in [6.45, 7) is 7.75. The number of likely N-dealkylation sites (tertiary alicyclic amines) is 1. The molecule has 1 aromatic rings. The van der Waals surface area contributed by atoms with Gasteiger partial charge in [-0.3, -0.25) is 4.68 Å². The summed E-state index contributed by atoms with van der Waals surface area (Å²) in [5.41, 5.74) is 5.43. The number of sulfonamides is 1. The van der Waals surface area contributed by atoms with Crippen LogP contribution in [0.1, 0.15) is 20.3 Å². The van der Waals surface area contributed by atoms with Crippen molar-refractivity contribution < 1.29 is 8.42 Å². The minimum absolute atomic E-state index is 0.203. The predicted octanol–water partition coefficient (Wildman–Crippen LogP) is -0.150. The van der Waals surface area contributed by atoms with E-state index in [4.69, 9.17) is 5.73 Å². The summed E-state index contributed by atoms with van der Waals surface area (Å²) in [4.78, 5) is 2.58. The van der Waals surface area contributed by atoms with E-state index in [0.29, 0.717) is 31.6 Å². The molecule has 0 amide bonds. The van der Waals surface area contributed by atoms with Crippen LogP contribution in [0.15, 0.2) is 17.3 Å². The van der Waals surface area contributed by atoms with Gasteiger partial charge >= 0.3 is 0 Å². The number of hydrogen-bond donors (Lipinski definition) is 2. The van der Waals surface area contributed by atoms with Crippen molar-refractivity contribution in [3.8, 4) is 0 Å². The minimum atomic E-state index is -3.48. The van der Waals surface area contributed by atoms with E-state index >= 15 is 0 Å². The summed E-state index contributed by atoms with van der Waals surface area (Å²) in [5, 5.41) is 4.00. The first kappa shape index (κ1) is 16.4. The van der Waals surface area contributed by atoms with Gasteiger partial charge < -0.3 is 10.6 Å². The van der Waals surface area contributed by atoms with Gasteiger partial charge in [0.25, 0.3) is 0 Å². The second-order valence-corrected chi connectivity index (χ2v) is 7.59. The number of nitrogens with two attached hydrogens (primary N) is 1. The van der Waals surface area contributed by atoms with Gasteiger partial charge in [0.15, 0.2) is 0 Å². The first-order valence-electron chi connectivity index (χ1n) is 7.38. The lowest BCUT2D eigenvalue weighted by Crippen LogP contribution is -2.32. The Balaban J connectivity index is 1.89. The Morgan fingerprint density at radius 2 is 2.29 bits per heavy atom. The standard InChI is InChI=1S/C13H25N5O2S/c1-11(2)17-5-3-12(9-17)7-16-21(19,20)13-8-15-18(10-13)6-4-14/h8,10-12,16H,3-7,9,14H2,1-2H3. The van der Waals surface area contributed by atoms with Gasteiger partial charge in [0.05, 0.1) is 12.7 Å². The van der Waals surface area contributed by atoms with E-state index in [9.17, 15) is 8.42 Å². The Morgan fingerprint density at radius 1 is 1.52 bits per heavy atom. The molecule has 120 valence electrons. The molecule has 1 aliphatic rings. The second kappa shape index (κ2) is 6.87. The molecule has 1 unspecified atom stereocenters. The zero-order chi connectivity index (χ0) is 15.5. The zero-order valence-corrected chi connectivity index (χ0v) is 13.5. The van der Waals surface area contributed by atoms with Crippen LogP contribution in [-0.2, 0) is 16.6 Å². The first-order chi connectivity index (χ1) is 9.92. The fourth-order valence-corrected chi connectivity index (χ4v) is 3.62. The lowest BCUT2D eigenvalue weighted by atomic mass is 10.1. The van der Waals surface area contributed by atoms with E-state index in [0.717, 1.165) is 19.5 Å². The van der Waals surface area contributed by atoms with Gasteiger partial charge in [0.2, 0.25) is 10.0 Å². The van der Waals surface area contributed by atoms with Gasteiger partial charge in [0, 0.05) is 31.9 Å². The highest BCUT2D eigenvalue weighted by molar-refractivity contribution is 7.89. The normalized spacial score (nSPS) is 20.5. The molecule has 1 saturated heterocycles. The molecule has 21 heavy (non-hydrogen) atoms. The zero-order valence-electron chi connectivity index (χ0n) is 12.7. The second-order valence-electron chi connectivity index (χ2n) is 5.82. The maximum Gasteiger partial charge on any atom is 0.243 e. The van der Waals surface area contributed by atoms with Gasteiger partial charge in [-0.05, 0) is 32.7 Å². The Kier molecular flexibility index (Phi) is 5.37. The molecule has 2 heterocycles. The van der Waals surface area contributed by atoms with E-state index in [1.165, 1.54) is 12.4 Å². The summed E-state index contributed by atoms with van der Waals surface area (Å²) in [6, 6.07) is 0.515. The Morgan fingerprint density at radius 3 is 2.90 bits per heavy atom. The van der Waals surface area contributed by atoms with Crippen molar-refractivity contribution in [3.63, 3.8) is 0 Å². The summed E-state index contributed by atoms with van der Waals surface area (Å²) >= 11 is 0. The molecule has 0 aromatic carbocycles. The van der Waals surface area contributed by atoms with Crippen LogP contribution in [-0.4, -0.2) is 55.3 Å². The number of hydrogen-bond acceptors (Lipinski definition) is 5. The van der Waals surface area contributed by atoms with Crippen LogP contribution in [0.25, 0.3) is 0 Å². The van der Waals surface area contributed by atoms with Crippen LogP contribution in [0.3, 0.4) is 0 Å².